The van der Waals surface area contributed by atoms with Gasteiger partial charge in [-0.15, -0.1) is 0 Å². The van der Waals surface area contributed by atoms with Crippen molar-refractivity contribution < 1.29 is 14.4 Å². The van der Waals surface area contributed by atoms with Gasteiger partial charge in [0, 0.05) is 17.1 Å². The summed E-state index contributed by atoms with van der Waals surface area (Å²) in [5.41, 5.74) is 0.481. The zero-order chi connectivity index (χ0) is 14.3. The molecule has 102 valence electrons. The summed E-state index contributed by atoms with van der Waals surface area (Å²) in [7, 11) is 0. The fourth-order valence-electron chi connectivity index (χ4n) is 1.25. The molecule has 0 saturated heterocycles. The Morgan fingerprint density at radius 1 is 1.05 bits per heavy atom. The maximum absolute atomic E-state index is 11.4. The van der Waals surface area contributed by atoms with Crippen LogP contribution in [0.15, 0.2) is 24.3 Å². The van der Waals surface area contributed by atoms with Crippen molar-refractivity contribution in [3.8, 4) is 0 Å². The van der Waals surface area contributed by atoms with E-state index in [2.05, 4.69) is 5.32 Å². The van der Waals surface area contributed by atoms with Crippen LogP contribution in [0.3, 0.4) is 0 Å². The maximum Gasteiger partial charge on any atom is 0.329 e. The number of imide groups is 2. The summed E-state index contributed by atoms with van der Waals surface area (Å²) in [4.78, 5) is 33.8. The molecule has 3 N–H and O–H groups in total. The number of hydrogen-bond acceptors (Lipinski definition) is 3. The molecule has 19 heavy (non-hydrogen) atoms. The van der Waals surface area contributed by atoms with E-state index in [4.69, 9.17) is 11.6 Å². The fourth-order valence-corrected chi connectivity index (χ4v) is 1.37. The zero-order valence-electron chi connectivity index (χ0n) is 10.3. The number of hydrogen-bond donors (Lipinski definition) is 3. The van der Waals surface area contributed by atoms with E-state index in [9.17, 15) is 14.4 Å². The van der Waals surface area contributed by atoms with Crippen LogP contribution in [0.25, 0.3) is 0 Å². The predicted octanol–water partition coefficient (Wildman–Crippen LogP) is 2.50. The molecule has 0 unspecified atom stereocenters. The smallest absolute Gasteiger partial charge is 0.308 e. The lowest BCUT2D eigenvalue weighted by Gasteiger charge is -2.07. The molecular formula is C12H14ClN3O3. The molecule has 0 saturated carbocycles. The third-order valence-corrected chi connectivity index (χ3v) is 2.31. The quantitative estimate of drug-likeness (QED) is 0.796. The van der Waals surface area contributed by atoms with Crippen LogP contribution in [0.4, 0.5) is 15.3 Å². The summed E-state index contributed by atoms with van der Waals surface area (Å²) in [6.07, 6.45) is 0.850. The van der Waals surface area contributed by atoms with Crippen LogP contribution in [0.1, 0.15) is 19.8 Å². The molecule has 6 nitrogen and oxygen atoms in total. The highest BCUT2D eigenvalue weighted by molar-refractivity contribution is 6.30. The van der Waals surface area contributed by atoms with Crippen LogP contribution in [-0.2, 0) is 4.79 Å². The first-order valence-corrected chi connectivity index (χ1v) is 6.06. The number of amides is 5. The van der Waals surface area contributed by atoms with Gasteiger partial charge in [0.25, 0.3) is 0 Å². The van der Waals surface area contributed by atoms with E-state index < -0.39 is 18.0 Å². The van der Waals surface area contributed by atoms with Gasteiger partial charge in [-0.1, -0.05) is 18.5 Å². The first kappa shape index (κ1) is 15.0. The van der Waals surface area contributed by atoms with Crippen molar-refractivity contribution in [1.82, 2.24) is 10.6 Å². The van der Waals surface area contributed by atoms with Crippen molar-refractivity contribution in [2.45, 2.75) is 19.8 Å². The zero-order valence-corrected chi connectivity index (χ0v) is 11.1. The maximum atomic E-state index is 11.4. The number of carbonyl (C=O) groups is 3. The molecule has 0 spiro atoms. The highest BCUT2D eigenvalue weighted by Gasteiger charge is 2.10. The van der Waals surface area contributed by atoms with Gasteiger partial charge >= 0.3 is 12.1 Å². The standard InChI is InChI=1S/C12H14ClN3O3/c1-2-3-10(17)15-12(19)16-11(18)14-9-6-4-8(13)5-7-9/h4-7H,2-3H2,1H3,(H3,14,15,16,17,18,19). The lowest BCUT2D eigenvalue weighted by atomic mass is 10.3. The molecule has 7 heteroatoms. The number of benzene rings is 1. The van der Waals surface area contributed by atoms with Gasteiger partial charge in [0.1, 0.15) is 0 Å². The van der Waals surface area contributed by atoms with E-state index >= 15 is 0 Å². The highest BCUT2D eigenvalue weighted by Crippen LogP contribution is 2.12. The van der Waals surface area contributed by atoms with Gasteiger partial charge in [-0.05, 0) is 30.7 Å². The van der Waals surface area contributed by atoms with Gasteiger partial charge in [0.05, 0.1) is 0 Å². The molecule has 0 bridgehead atoms. The van der Waals surface area contributed by atoms with Crippen molar-refractivity contribution in [3.05, 3.63) is 29.3 Å². The number of carbonyl (C=O) groups excluding carboxylic acids is 3. The van der Waals surface area contributed by atoms with Crippen molar-refractivity contribution >= 4 is 35.3 Å². The van der Waals surface area contributed by atoms with Crippen molar-refractivity contribution in [3.63, 3.8) is 0 Å². The molecule has 0 radical (unpaired) electrons. The summed E-state index contributed by atoms with van der Waals surface area (Å²) in [5.74, 6) is -0.431. The van der Waals surface area contributed by atoms with Crippen LogP contribution in [0, 0.1) is 0 Å². The highest BCUT2D eigenvalue weighted by atomic mass is 35.5. The Balaban J connectivity index is 2.40. The first-order valence-electron chi connectivity index (χ1n) is 5.68. The number of anilines is 1. The summed E-state index contributed by atoms with van der Waals surface area (Å²) < 4.78 is 0. The minimum Gasteiger partial charge on any atom is -0.308 e. The largest absolute Gasteiger partial charge is 0.329 e. The second kappa shape index (κ2) is 7.38. The molecule has 0 aliphatic carbocycles. The average molecular weight is 284 g/mol. The van der Waals surface area contributed by atoms with E-state index in [1.807, 2.05) is 17.6 Å². The Kier molecular flexibility index (Phi) is 5.81. The number of nitrogens with one attached hydrogen (secondary N) is 3. The molecule has 1 rings (SSSR count). The molecule has 0 aromatic heterocycles. The topological polar surface area (TPSA) is 87.3 Å². The average Bonchev–Trinajstić information content (AvgIpc) is 2.32. The molecule has 0 aliphatic heterocycles. The van der Waals surface area contributed by atoms with Gasteiger partial charge in [-0.3, -0.25) is 15.4 Å². The fraction of sp³-hybridized carbons (Fsp3) is 0.250. The molecule has 0 heterocycles. The summed E-state index contributed by atoms with van der Waals surface area (Å²) in [5, 5.41) is 6.97. The second-order valence-corrected chi connectivity index (χ2v) is 4.15. The van der Waals surface area contributed by atoms with Gasteiger partial charge in [-0.25, -0.2) is 9.59 Å². The van der Waals surface area contributed by atoms with Crippen LogP contribution >= 0.6 is 11.6 Å². The Bertz CT molecular complexity index is 474. The molecular weight excluding hydrogens is 270 g/mol. The van der Waals surface area contributed by atoms with Gasteiger partial charge < -0.3 is 5.32 Å². The second-order valence-electron chi connectivity index (χ2n) is 3.71. The normalized spacial score (nSPS) is 9.58. The minimum atomic E-state index is -0.857. The number of urea groups is 2. The van der Waals surface area contributed by atoms with E-state index in [1.54, 1.807) is 24.3 Å². The number of rotatable bonds is 3. The Morgan fingerprint density at radius 2 is 1.68 bits per heavy atom. The number of halogens is 1. The lowest BCUT2D eigenvalue weighted by Crippen LogP contribution is -2.44. The van der Waals surface area contributed by atoms with E-state index in [1.165, 1.54) is 0 Å². The summed E-state index contributed by atoms with van der Waals surface area (Å²) in [6, 6.07) is 4.78. The van der Waals surface area contributed by atoms with Crippen molar-refractivity contribution in [2.24, 2.45) is 0 Å². The Morgan fingerprint density at radius 3 is 2.26 bits per heavy atom. The summed E-state index contributed by atoms with van der Waals surface area (Å²) >= 11 is 5.69. The van der Waals surface area contributed by atoms with Crippen LogP contribution in [0.5, 0.6) is 0 Å². The Labute approximate surface area is 115 Å². The summed E-state index contributed by atoms with van der Waals surface area (Å²) in [6.45, 7) is 1.81. The molecule has 0 aliphatic rings. The molecule has 1 aromatic carbocycles. The van der Waals surface area contributed by atoms with Crippen LogP contribution < -0.4 is 16.0 Å². The third kappa shape index (κ3) is 5.87. The molecule has 1 aromatic rings. The van der Waals surface area contributed by atoms with Crippen LogP contribution in [-0.4, -0.2) is 18.0 Å². The van der Waals surface area contributed by atoms with Crippen LogP contribution in [0.2, 0.25) is 5.02 Å². The Hall–Kier alpha value is -2.08. The monoisotopic (exact) mass is 283 g/mol. The van der Waals surface area contributed by atoms with Gasteiger partial charge in [-0.2, -0.15) is 0 Å². The molecule has 0 atom stereocenters. The molecule has 5 amide bonds. The minimum absolute atomic E-state index is 0.228. The van der Waals surface area contributed by atoms with E-state index in [0.29, 0.717) is 17.1 Å². The van der Waals surface area contributed by atoms with E-state index in [-0.39, 0.29) is 6.42 Å². The van der Waals surface area contributed by atoms with Crippen molar-refractivity contribution in [1.29, 1.82) is 0 Å². The van der Waals surface area contributed by atoms with Crippen molar-refractivity contribution in [2.75, 3.05) is 5.32 Å². The van der Waals surface area contributed by atoms with Gasteiger partial charge in [0.15, 0.2) is 0 Å². The third-order valence-electron chi connectivity index (χ3n) is 2.06. The lowest BCUT2D eigenvalue weighted by molar-refractivity contribution is -0.120. The first-order chi connectivity index (χ1) is 9.01. The van der Waals surface area contributed by atoms with Gasteiger partial charge in [0.2, 0.25) is 5.91 Å². The predicted molar refractivity (Wildman–Crippen MR) is 72.1 cm³/mol. The van der Waals surface area contributed by atoms with E-state index in [0.717, 1.165) is 0 Å². The molecule has 0 fully saturated rings. The SMILES string of the molecule is CCCC(=O)NC(=O)NC(=O)Nc1ccc(Cl)cc1.